The molecule has 5 heteroatoms. The summed E-state index contributed by atoms with van der Waals surface area (Å²) < 4.78 is 10.4. The molecule has 0 saturated carbocycles. The van der Waals surface area contributed by atoms with Crippen molar-refractivity contribution in [2.45, 2.75) is 12.6 Å². The van der Waals surface area contributed by atoms with Crippen LogP contribution in [-0.4, -0.2) is 26.4 Å². The van der Waals surface area contributed by atoms with Gasteiger partial charge in [0.25, 0.3) is 0 Å². The molecule has 1 aromatic carbocycles. The van der Waals surface area contributed by atoms with Crippen LogP contribution in [0.1, 0.15) is 5.56 Å². The number of ether oxygens (including phenoxy) is 2. The van der Waals surface area contributed by atoms with Crippen molar-refractivity contribution >= 4 is 0 Å². The zero-order valence-corrected chi connectivity index (χ0v) is 9.24. The largest absolute Gasteiger partial charge is 0.384 e. The Hall–Kier alpha value is -1.55. The molecule has 0 fully saturated rings. The first-order valence-corrected chi connectivity index (χ1v) is 5.01. The van der Waals surface area contributed by atoms with E-state index < -0.39 is 0 Å². The maximum Gasteiger partial charge on any atom is 0.0841 e. The summed E-state index contributed by atoms with van der Waals surface area (Å²) in [5, 5.41) is 3.58. The van der Waals surface area contributed by atoms with Gasteiger partial charge < -0.3 is 9.47 Å². The molecule has 0 radical (unpaired) electrons. The Labute approximate surface area is 94.6 Å². The minimum atomic E-state index is -0.265. The van der Waals surface area contributed by atoms with Gasteiger partial charge in [0.1, 0.15) is 0 Å². The number of rotatable bonds is 7. The number of benzene rings is 1. The first-order valence-electron chi connectivity index (χ1n) is 5.01. The van der Waals surface area contributed by atoms with Gasteiger partial charge in [0.2, 0.25) is 0 Å². The lowest BCUT2D eigenvalue weighted by molar-refractivity contribution is 0.0778. The van der Waals surface area contributed by atoms with Gasteiger partial charge in [-0.3, -0.25) is 0 Å². The van der Waals surface area contributed by atoms with Crippen LogP contribution in [-0.2, 0) is 16.1 Å². The lowest BCUT2D eigenvalue weighted by Crippen LogP contribution is -2.18. The fourth-order valence-electron chi connectivity index (χ4n) is 1.27. The minimum absolute atomic E-state index is 0.265. The number of azide groups is 1. The molecule has 1 aromatic rings. The second-order valence-electron chi connectivity index (χ2n) is 3.31. The third-order valence-corrected chi connectivity index (χ3v) is 2.00. The molecule has 0 aliphatic rings. The molecule has 1 rings (SSSR count). The predicted octanol–water partition coefficient (Wildman–Crippen LogP) is 2.53. The van der Waals surface area contributed by atoms with E-state index in [2.05, 4.69) is 10.0 Å². The first kappa shape index (κ1) is 12.5. The zero-order valence-electron chi connectivity index (χ0n) is 9.24. The zero-order chi connectivity index (χ0) is 11.6. The average molecular weight is 221 g/mol. The topological polar surface area (TPSA) is 67.2 Å². The normalized spacial score (nSPS) is 11.8. The summed E-state index contributed by atoms with van der Waals surface area (Å²) >= 11 is 0. The second kappa shape index (κ2) is 7.70. The standard InChI is InChI=1S/C11H15N3O2/c1-15-8-11(13-14-12)9-16-7-10-5-3-2-4-6-10/h2-6,11H,7-9H2,1H3. The fraction of sp³-hybridized carbons (Fsp3) is 0.455. The van der Waals surface area contributed by atoms with Crippen molar-refractivity contribution in [1.29, 1.82) is 0 Å². The van der Waals surface area contributed by atoms with Crippen molar-refractivity contribution in [2.24, 2.45) is 5.11 Å². The average Bonchev–Trinajstić information content (AvgIpc) is 2.31. The summed E-state index contributed by atoms with van der Waals surface area (Å²) in [6.07, 6.45) is 0. The van der Waals surface area contributed by atoms with Crippen LogP contribution in [0.3, 0.4) is 0 Å². The van der Waals surface area contributed by atoms with Gasteiger partial charge in [-0.1, -0.05) is 35.4 Å². The minimum Gasteiger partial charge on any atom is -0.384 e. The van der Waals surface area contributed by atoms with Crippen LogP contribution in [0.5, 0.6) is 0 Å². The lowest BCUT2D eigenvalue weighted by atomic mass is 10.2. The smallest absolute Gasteiger partial charge is 0.0841 e. The summed E-state index contributed by atoms with van der Waals surface area (Å²) in [4.78, 5) is 2.75. The molecule has 1 atom stereocenters. The van der Waals surface area contributed by atoms with Crippen molar-refractivity contribution < 1.29 is 9.47 Å². The van der Waals surface area contributed by atoms with Gasteiger partial charge in [-0.15, -0.1) is 0 Å². The van der Waals surface area contributed by atoms with Crippen LogP contribution in [0.15, 0.2) is 35.4 Å². The number of hydrogen-bond acceptors (Lipinski definition) is 3. The summed E-state index contributed by atoms with van der Waals surface area (Å²) in [7, 11) is 1.57. The van der Waals surface area contributed by atoms with Crippen LogP contribution in [0.25, 0.3) is 10.4 Å². The van der Waals surface area contributed by atoms with E-state index in [1.165, 1.54) is 0 Å². The SMILES string of the molecule is COCC(COCc1ccccc1)N=[N+]=[N-]. The van der Waals surface area contributed by atoms with Gasteiger partial charge in [0, 0.05) is 12.0 Å². The van der Waals surface area contributed by atoms with E-state index in [1.54, 1.807) is 7.11 Å². The quantitative estimate of drug-likeness (QED) is 0.403. The van der Waals surface area contributed by atoms with Gasteiger partial charge in [-0.2, -0.15) is 0 Å². The Morgan fingerprint density at radius 1 is 1.31 bits per heavy atom. The van der Waals surface area contributed by atoms with Crippen molar-refractivity contribution in [1.82, 2.24) is 0 Å². The molecule has 16 heavy (non-hydrogen) atoms. The Balaban J connectivity index is 2.30. The molecule has 0 amide bonds. The van der Waals surface area contributed by atoms with Crippen LogP contribution in [0.2, 0.25) is 0 Å². The third kappa shape index (κ3) is 4.79. The van der Waals surface area contributed by atoms with Crippen molar-refractivity contribution in [3.05, 3.63) is 46.3 Å². The van der Waals surface area contributed by atoms with Gasteiger partial charge >= 0.3 is 0 Å². The van der Waals surface area contributed by atoms with E-state index in [9.17, 15) is 0 Å². The van der Waals surface area contributed by atoms with E-state index >= 15 is 0 Å². The summed E-state index contributed by atoms with van der Waals surface area (Å²) in [6, 6.07) is 9.57. The number of nitrogens with zero attached hydrogens (tertiary/aromatic N) is 3. The van der Waals surface area contributed by atoms with E-state index in [4.69, 9.17) is 15.0 Å². The number of hydrogen-bond donors (Lipinski definition) is 0. The van der Waals surface area contributed by atoms with Crippen molar-refractivity contribution in [2.75, 3.05) is 20.3 Å². The highest BCUT2D eigenvalue weighted by atomic mass is 16.5. The molecule has 0 aromatic heterocycles. The highest BCUT2D eigenvalue weighted by Gasteiger charge is 2.05. The third-order valence-electron chi connectivity index (χ3n) is 2.00. The Morgan fingerprint density at radius 3 is 2.69 bits per heavy atom. The molecule has 5 nitrogen and oxygen atoms in total. The van der Waals surface area contributed by atoms with E-state index in [-0.39, 0.29) is 6.04 Å². The summed E-state index contributed by atoms with van der Waals surface area (Å²) in [6.45, 7) is 1.26. The predicted molar refractivity (Wildman–Crippen MR) is 60.9 cm³/mol. The molecule has 0 spiro atoms. The molecular formula is C11H15N3O2. The molecule has 86 valence electrons. The van der Waals surface area contributed by atoms with Crippen molar-refractivity contribution in [3.8, 4) is 0 Å². The molecule has 0 aliphatic carbocycles. The molecule has 0 aliphatic heterocycles. The van der Waals surface area contributed by atoms with E-state index in [1.807, 2.05) is 30.3 Å². The maximum atomic E-state index is 8.33. The van der Waals surface area contributed by atoms with Gasteiger partial charge in [0.15, 0.2) is 0 Å². The molecule has 0 N–H and O–H groups in total. The van der Waals surface area contributed by atoms with Gasteiger partial charge in [-0.25, -0.2) is 0 Å². The van der Waals surface area contributed by atoms with E-state index in [0.29, 0.717) is 19.8 Å². The van der Waals surface area contributed by atoms with Crippen LogP contribution < -0.4 is 0 Å². The molecule has 0 bridgehead atoms. The Bertz CT molecular complexity index is 336. The van der Waals surface area contributed by atoms with Gasteiger partial charge in [0.05, 0.1) is 25.9 Å². The monoisotopic (exact) mass is 221 g/mol. The van der Waals surface area contributed by atoms with Crippen LogP contribution in [0.4, 0.5) is 0 Å². The molecular weight excluding hydrogens is 206 g/mol. The van der Waals surface area contributed by atoms with Crippen LogP contribution >= 0.6 is 0 Å². The van der Waals surface area contributed by atoms with E-state index in [0.717, 1.165) is 5.56 Å². The Morgan fingerprint density at radius 2 is 2.06 bits per heavy atom. The van der Waals surface area contributed by atoms with Gasteiger partial charge in [-0.05, 0) is 11.1 Å². The summed E-state index contributed by atoms with van der Waals surface area (Å²) in [5.74, 6) is 0. The molecule has 0 heterocycles. The fourth-order valence-corrected chi connectivity index (χ4v) is 1.27. The number of methoxy groups -OCH3 is 1. The van der Waals surface area contributed by atoms with Crippen LogP contribution in [0, 0.1) is 0 Å². The second-order valence-corrected chi connectivity index (χ2v) is 3.31. The maximum absolute atomic E-state index is 8.33. The first-order chi connectivity index (χ1) is 7.86. The van der Waals surface area contributed by atoms with Crippen molar-refractivity contribution in [3.63, 3.8) is 0 Å². The molecule has 1 unspecified atom stereocenters. The summed E-state index contributed by atoms with van der Waals surface area (Å²) in [5.41, 5.74) is 9.42. The lowest BCUT2D eigenvalue weighted by Gasteiger charge is -2.10. The highest BCUT2D eigenvalue weighted by molar-refractivity contribution is 5.13. The highest BCUT2D eigenvalue weighted by Crippen LogP contribution is 2.02. The molecule has 0 saturated heterocycles. The Kier molecular flexibility index (Phi) is 6.03.